The minimum absolute atomic E-state index is 0.0546. The number of aryl methyl sites for hydroxylation is 1. The first kappa shape index (κ1) is 50.1. The van der Waals surface area contributed by atoms with Crippen molar-refractivity contribution in [2.75, 3.05) is 29.6 Å². The standard InChI is InChI=1S/C23H23ClN2O5S.C22H17F5N2O4S/c1-4-25-23(27)19-13-16(26-32(28,29)22-11-8-15(2)12-20(22)24)9-10-21(19)31-18-7-5-6-17(14-18)30-3;1-2-28-21(30)19-12-16(5-8-20(19)33-17-10-14(23)9-15(24)11-17)29-34(31,32)18-6-3-13(4-7-18)22(25,26)27/h5-14,26H,4H2,1-3H3,(H,25,27);3-12,29H,2H2,1H3,(H,28,30). The van der Waals surface area contributed by atoms with Gasteiger partial charge >= 0.3 is 6.18 Å². The molecule has 66 heavy (non-hydrogen) atoms. The number of halogens is 6. The van der Waals surface area contributed by atoms with Crippen LogP contribution < -0.4 is 34.3 Å². The Bertz CT molecular complexity index is 2940. The van der Waals surface area contributed by atoms with Crippen LogP contribution in [0.2, 0.25) is 5.02 Å². The molecule has 0 saturated carbocycles. The van der Waals surface area contributed by atoms with Crippen LogP contribution in [0.3, 0.4) is 0 Å². The Kier molecular flexibility index (Phi) is 16.2. The zero-order valence-corrected chi connectivity index (χ0v) is 37.6. The number of alkyl halides is 3. The van der Waals surface area contributed by atoms with E-state index in [1.165, 1.54) is 36.4 Å². The van der Waals surface area contributed by atoms with E-state index in [1.807, 2.05) is 6.92 Å². The number of hydrogen-bond donors (Lipinski definition) is 4. The van der Waals surface area contributed by atoms with Crippen LogP contribution in [0.15, 0.2) is 131 Å². The van der Waals surface area contributed by atoms with Gasteiger partial charge in [-0.3, -0.25) is 19.0 Å². The molecule has 0 heterocycles. The van der Waals surface area contributed by atoms with Crippen molar-refractivity contribution < 1.29 is 62.6 Å². The van der Waals surface area contributed by atoms with Gasteiger partial charge in [0.1, 0.15) is 45.3 Å². The quantitative estimate of drug-likeness (QED) is 0.0729. The lowest BCUT2D eigenvalue weighted by atomic mass is 10.1. The smallest absolute Gasteiger partial charge is 0.416 e. The minimum Gasteiger partial charge on any atom is -0.497 e. The lowest BCUT2D eigenvalue weighted by molar-refractivity contribution is -0.137. The number of hydrogen-bond acceptors (Lipinski definition) is 9. The van der Waals surface area contributed by atoms with Gasteiger partial charge in [0, 0.05) is 48.7 Å². The molecule has 0 atom stereocenters. The van der Waals surface area contributed by atoms with Gasteiger partial charge in [-0.15, -0.1) is 0 Å². The van der Waals surface area contributed by atoms with Crippen molar-refractivity contribution in [2.24, 2.45) is 0 Å². The normalized spacial score (nSPS) is 11.4. The van der Waals surface area contributed by atoms with Crippen molar-refractivity contribution >= 4 is 54.8 Å². The third kappa shape index (κ3) is 13.3. The average Bonchev–Trinajstić information content (AvgIpc) is 3.24. The number of nitrogens with one attached hydrogen (secondary N) is 4. The zero-order chi connectivity index (χ0) is 48.4. The molecule has 0 saturated heterocycles. The maximum Gasteiger partial charge on any atom is 0.416 e. The molecule has 0 spiro atoms. The molecule has 6 rings (SSSR count). The van der Waals surface area contributed by atoms with Crippen molar-refractivity contribution in [3.8, 4) is 28.7 Å². The molecule has 0 bridgehead atoms. The summed E-state index contributed by atoms with van der Waals surface area (Å²) < 4.78 is 137. The molecule has 4 N–H and O–H groups in total. The van der Waals surface area contributed by atoms with Crippen molar-refractivity contribution in [1.82, 2.24) is 10.6 Å². The monoisotopic (exact) mass is 974 g/mol. The molecule has 0 aliphatic heterocycles. The molecular formula is C45H40ClF5N4O9S2. The highest BCUT2D eigenvalue weighted by atomic mass is 35.5. The van der Waals surface area contributed by atoms with Gasteiger partial charge in [-0.1, -0.05) is 23.7 Å². The summed E-state index contributed by atoms with van der Waals surface area (Å²) in [4.78, 5) is 24.6. The fourth-order valence-electron chi connectivity index (χ4n) is 5.81. The lowest BCUT2D eigenvalue weighted by Crippen LogP contribution is -2.23. The summed E-state index contributed by atoms with van der Waals surface area (Å²) in [5.74, 6) is -1.90. The van der Waals surface area contributed by atoms with E-state index >= 15 is 0 Å². The molecule has 21 heteroatoms. The predicted octanol–water partition coefficient (Wildman–Crippen LogP) is 10.3. The van der Waals surface area contributed by atoms with Gasteiger partial charge in [-0.2, -0.15) is 13.2 Å². The first-order chi connectivity index (χ1) is 31.1. The predicted molar refractivity (Wildman–Crippen MR) is 238 cm³/mol. The van der Waals surface area contributed by atoms with Crippen LogP contribution in [0.5, 0.6) is 28.7 Å². The van der Waals surface area contributed by atoms with Gasteiger partial charge in [-0.05, 0) is 111 Å². The summed E-state index contributed by atoms with van der Waals surface area (Å²) >= 11 is 6.13. The number of methoxy groups -OCH3 is 1. The third-order valence-electron chi connectivity index (χ3n) is 8.83. The maximum absolute atomic E-state index is 13.5. The Balaban J connectivity index is 0.000000248. The number of carbonyl (C=O) groups excluding carboxylic acids is 2. The molecule has 2 amide bonds. The van der Waals surface area contributed by atoms with E-state index < -0.39 is 60.1 Å². The van der Waals surface area contributed by atoms with Crippen molar-refractivity contribution in [3.05, 3.63) is 160 Å². The Hall–Kier alpha value is -6.90. The molecule has 0 radical (unpaired) electrons. The van der Waals surface area contributed by atoms with Crippen LogP contribution in [0.25, 0.3) is 0 Å². The second-order valence-corrected chi connectivity index (χ2v) is 17.5. The van der Waals surface area contributed by atoms with E-state index in [1.54, 1.807) is 57.4 Å². The fraction of sp³-hybridized carbons (Fsp3) is 0.156. The molecular weight excluding hydrogens is 935 g/mol. The molecule has 0 unspecified atom stereocenters. The Labute approximate surface area is 382 Å². The van der Waals surface area contributed by atoms with Gasteiger partial charge in [0.2, 0.25) is 0 Å². The van der Waals surface area contributed by atoms with Gasteiger partial charge in [0.25, 0.3) is 31.9 Å². The first-order valence-electron chi connectivity index (χ1n) is 19.4. The van der Waals surface area contributed by atoms with Crippen molar-refractivity contribution in [3.63, 3.8) is 0 Å². The molecule has 348 valence electrons. The second-order valence-electron chi connectivity index (χ2n) is 13.8. The summed E-state index contributed by atoms with van der Waals surface area (Å²) in [6, 6.07) is 24.9. The summed E-state index contributed by atoms with van der Waals surface area (Å²) in [6.07, 6.45) is -4.63. The third-order valence-corrected chi connectivity index (χ3v) is 12.1. The van der Waals surface area contributed by atoms with Crippen LogP contribution >= 0.6 is 11.6 Å². The van der Waals surface area contributed by atoms with Crippen LogP contribution in [-0.2, 0) is 26.2 Å². The number of amides is 2. The van der Waals surface area contributed by atoms with Crippen LogP contribution in [-0.4, -0.2) is 48.8 Å². The zero-order valence-electron chi connectivity index (χ0n) is 35.2. The van der Waals surface area contributed by atoms with E-state index in [0.717, 1.165) is 35.9 Å². The van der Waals surface area contributed by atoms with Crippen molar-refractivity contribution in [2.45, 2.75) is 36.7 Å². The van der Waals surface area contributed by atoms with E-state index in [2.05, 4.69) is 20.1 Å². The number of sulfonamides is 2. The molecule has 0 aliphatic carbocycles. The first-order valence-corrected chi connectivity index (χ1v) is 22.8. The van der Waals surface area contributed by atoms with Crippen LogP contribution in [0.1, 0.15) is 45.7 Å². The molecule has 0 aromatic heterocycles. The fourth-order valence-corrected chi connectivity index (χ4v) is 8.51. The summed E-state index contributed by atoms with van der Waals surface area (Å²) in [6.45, 7) is 5.85. The SMILES string of the molecule is CCNC(=O)c1cc(NS(=O)(=O)c2ccc(C(F)(F)F)cc2)ccc1Oc1cc(F)cc(F)c1.CCNC(=O)c1cc(NS(=O)(=O)c2ccc(C)cc2Cl)ccc1Oc1cccc(OC)c1. The second kappa shape index (κ2) is 21.4. The Morgan fingerprint density at radius 2 is 1.14 bits per heavy atom. The summed E-state index contributed by atoms with van der Waals surface area (Å²) in [7, 11) is -6.73. The van der Waals surface area contributed by atoms with E-state index in [-0.39, 0.29) is 56.2 Å². The van der Waals surface area contributed by atoms with Gasteiger partial charge in [-0.25, -0.2) is 25.6 Å². The summed E-state index contributed by atoms with van der Waals surface area (Å²) in [5.41, 5.74) is -0.0596. The Morgan fingerprint density at radius 3 is 1.64 bits per heavy atom. The van der Waals surface area contributed by atoms with E-state index in [4.69, 9.17) is 25.8 Å². The molecule has 13 nitrogen and oxygen atoms in total. The largest absolute Gasteiger partial charge is 0.497 e. The molecule has 0 aliphatic rings. The van der Waals surface area contributed by atoms with Gasteiger partial charge < -0.3 is 24.8 Å². The van der Waals surface area contributed by atoms with Gasteiger partial charge in [0.05, 0.1) is 33.7 Å². The molecule has 6 aromatic carbocycles. The minimum atomic E-state index is -4.63. The van der Waals surface area contributed by atoms with Gasteiger partial charge in [0.15, 0.2) is 0 Å². The molecule has 0 fully saturated rings. The lowest BCUT2D eigenvalue weighted by Gasteiger charge is -2.15. The number of ether oxygens (including phenoxy) is 3. The Morgan fingerprint density at radius 1 is 0.621 bits per heavy atom. The van der Waals surface area contributed by atoms with Crippen LogP contribution in [0.4, 0.5) is 33.3 Å². The van der Waals surface area contributed by atoms with Crippen molar-refractivity contribution in [1.29, 1.82) is 0 Å². The average molecular weight is 975 g/mol. The highest BCUT2D eigenvalue weighted by Gasteiger charge is 2.31. The number of rotatable bonds is 15. The van der Waals surface area contributed by atoms with E-state index in [9.17, 15) is 48.4 Å². The number of benzene rings is 6. The number of anilines is 2. The topological polar surface area (TPSA) is 178 Å². The number of carbonyl (C=O) groups is 2. The maximum atomic E-state index is 13.5. The summed E-state index contributed by atoms with van der Waals surface area (Å²) in [5, 5.41) is 5.32. The highest BCUT2D eigenvalue weighted by Crippen LogP contribution is 2.34. The molecule has 6 aromatic rings. The van der Waals surface area contributed by atoms with E-state index in [0.29, 0.717) is 36.2 Å². The highest BCUT2D eigenvalue weighted by molar-refractivity contribution is 7.93. The van der Waals surface area contributed by atoms with Crippen LogP contribution in [0, 0.1) is 18.6 Å².